The van der Waals surface area contributed by atoms with Crippen LogP contribution in [0.15, 0.2) is 79.6 Å². The van der Waals surface area contributed by atoms with Gasteiger partial charge in [0.2, 0.25) is 0 Å². The molecule has 0 spiro atoms. The minimum atomic E-state index is 0.668. The number of hydrogen-bond donors (Lipinski definition) is 0. The van der Waals surface area contributed by atoms with Gasteiger partial charge in [0.1, 0.15) is 12.7 Å². The van der Waals surface area contributed by atoms with Crippen LogP contribution in [0.2, 0.25) is 0 Å². The molecule has 5 nitrogen and oxygen atoms in total. The van der Waals surface area contributed by atoms with E-state index in [9.17, 15) is 0 Å². The number of aromatic nitrogens is 5. The van der Waals surface area contributed by atoms with Crippen LogP contribution in [-0.2, 0) is 0 Å². The first-order valence-corrected chi connectivity index (χ1v) is 7.50. The maximum Gasteiger partial charge on any atom is 0.162 e. The highest BCUT2D eigenvalue weighted by Crippen LogP contribution is 2.26. The van der Waals surface area contributed by atoms with E-state index in [1.165, 1.54) is 12.7 Å². The van der Waals surface area contributed by atoms with Gasteiger partial charge in [-0.3, -0.25) is 0 Å². The van der Waals surface area contributed by atoms with Gasteiger partial charge in [-0.2, -0.15) is 0 Å². The number of rotatable bonds is 3. The molecule has 0 aliphatic carbocycles. The molecule has 0 radical (unpaired) electrons. The summed E-state index contributed by atoms with van der Waals surface area (Å²) in [6, 6.07) is 18.1. The van der Waals surface area contributed by atoms with E-state index in [1.807, 2.05) is 30.3 Å². The molecule has 0 fully saturated rings. The van der Waals surface area contributed by atoms with Gasteiger partial charge in [0.15, 0.2) is 11.6 Å². The predicted molar refractivity (Wildman–Crippen MR) is 91.7 cm³/mol. The van der Waals surface area contributed by atoms with Crippen LogP contribution in [-0.4, -0.2) is 24.9 Å². The van der Waals surface area contributed by atoms with Crippen LogP contribution in [0.3, 0.4) is 0 Å². The van der Waals surface area contributed by atoms with Crippen molar-refractivity contribution in [3.05, 3.63) is 79.6 Å². The fraction of sp³-hybridized carbons (Fsp3) is 0. The Hall–Kier alpha value is -3.47. The lowest BCUT2D eigenvalue weighted by Gasteiger charge is -2.06. The normalized spacial score (nSPS) is 10.5. The average molecular weight is 311 g/mol. The van der Waals surface area contributed by atoms with Crippen molar-refractivity contribution < 1.29 is 0 Å². The lowest BCUT2D eigenvalue weighted by Crippen LogP contribution is -1.90. The zero-order valence-corrected chi connectivity index (χ0v) is 12.7. The fourth-order valence-corrected chi connectivity index (χ4v) is 2.49. The summed E-state index contributed by atoms with van der Waals surface area (Å²) < 4.78 is 0. The molecule has 2 aromatic carbocycles. The van der Waals surface area contributed by atoms with E-state index in [0.717, 1.165) is 28.1 Å². The summed E-state index contributed by atoms with van der Waals surface area (Å²) in [4.78, 5) is 20.8. The van der Waals surface area contributed by atoms with Gasteiger partial charge >= 0.3 is 0 Å². The molecule has 4 aromatic rings. The molecule has 114 valence electrons. The molecule has 0 amide bonds. The molecule has 0 atom stereocenters. The summed E-state index contributed by atoms with van der Waals surface area (Å²) in [5, 5.41) is 0. The topological polar surface area (TPSA) is 64.5 Å². The molecular formula is C19H13N5. The molecule has 5 heteroatoms. The van der Waals surface area contributed by atoms with Crippen molar-refractivity contribution in [1.29, 1.82) is 0 Å². The van der Waals surface area contributed by atoms with Gasteiger partial charge in [0.05, 0.1) is 0 Å². The van der Waals surface area contributed by atoms with Crippen molar-refractivity contribution in [3.63, 3.8) is 0 Å². The Balaban J connectivity index is 1.67. The number of hydrogen-bond acceptors (Lipinski definition) is 5. The Morgan fingerprint density at radius 3 is 1.88 bits per heavy atom. The van der Waals surface area contributed by atoms with Crippen molar-refractivity contribution in [2.45, 2.75) is 0 Å². The molecule has 0 N–H and O–H groups in total. The van der Waals surface area contributed by atoms with Gasteiger partial charge in [0, 0.05) is 23.5 Å². The predicted octanol–water partition coefficient (Wildman–Crippen LogP) is 3.66. The van der Waals surface area contributed by atoms with Crippen molar-refractivity contribution in [1.82, 2.24) is 24.9 Å². The molecule has 0 unspecified atom stereocenters. The summed E-state index contributed by atoms with van der Waals surface area (Å²) in [6.07, 6.45) is 6.50. The molecule has 24 heavy (non-hydrogen) atoms. The first kappa shape index (κ1) is 14.1. The van der Waals surface area contributed by atoms with Crippen LogP contribution in [0, 0.1) is 0 Å². The molecule has 0 saturated heterocycles. The van der Waals surface area contributed by atoms with E-state index < -0.39 is 0 Å². The van der Waals surface area contributed by atoms with E-state index in [-0.39, 0.29) is 0 Å². The largest absolute Gasteiger partial charge is 0.237 e. The zero-order chi connectivity index (χ0) is 16.2. The second-order valence-electron chi connectivity index (χ2n) is 5.19. The summed E-state index contributed by atoms with van der Waals surface area (Å²) in [7, 11) is 0. The van der Waals surface area contributed by atoms with E-state index in [4.69, 9.17) is 0 Å². The third-order valence-electron chi connectivity index (χ3n) is 3.66. The van der Waals surface area contributed by atoms with E-state index in [1.54, 1.807) is 12.4 Å². The average Bonchev–Trinajstić information content (AvgIpc) is 2.70. The quantitative estimate of drug-likeness (QED) is 0.577. The van der Waals surface area contributed by atoms with Crippen LogP contribution < -0.4 is 0 Å². The maximum atomic E-state index is 4.27. The smallest absolute Gasteiger partial charge is 0.162 e. The summed E-state index contributed by atoms with van der Waals surface area (Å²) in [5.41, 5.74) is 4.18. The third kappa shape index (κ3) is 2.87. The lowest BCUT2D eigenvalue weighted by molar-refractivity contribution is 1.06. The van der Waals surface area contributed by atoms with Crippen LogP contribution in [0.25, 0.3) is 33.9 Å². The standard InChI is InChI=1S/C19H13N5/c1-3-16(11-17(4-1)19-23-12-20-13-24-19)14-5-7-15(8-6-14)18-21-9-2-10-22-18/h1-13H. The van der Waals surface area contributed by atoms with Crippen LogP contribution in [0.5, 0.6) is 0 Å². The molecule has 0 bridgehead atoms. The van der Waals surface area contributed by atoms with Gasteiger partial charge in [0.25, 0.3) is 0 Å². The van der Waals surface area contributed by atoms with Crippen molar-refractivity contribution in [2.24, 2.45) is 0 Å². The Morgan fingerprint density at radius 2 is 1.12 bits per heavy atom. The summed E-state index contributed by atoms with van der Waals surface area (Å²) in [6.45, 7) is 0. The molecule has 0 aliphatic rings. The van der Waals surface area contributed by atoms with Crippen LogP contribution in [0.4, 0.5) is 0 Å². The molecular weight excluding hydrogens is 298 g/mol. The van der Waals surface area contributed by atoms with Gasteiger partial charge < -0.3 is 0 Å². The molecule has 2 heterocycles. The van der Waals surface area contributed by atoms with Crippen LogP contribution >= 0.6 is 0 Å². The molecule has 0 saturated carbocycles. The number of nitrogens with zero attached hydrogens (tertiary/aromatic N) is 5. The second-order valence-corrected chi connectivity index (χ2v) is 5.19. The minimum Gasteiger partial charge on any atom is -0.237 e. The highest BCUT2D eigenvalue weighted by molar-refractivity contribution is 5.72. The van der Waals surface area contributed by atoms with Crippen molar-refractivity contribution in [2.75, 3.05) is 0 Å². The fourth-order valence-electron chi connectivity index (χ4n) is 2.49. The summed E-state index contributed by atoms with van der Waals surface area (Å²) >= 11 is 0. The highest BCUT2D eigenvalue weighted by atomic mass is 15.0. The summed E-state index contributed by atoms with van der Waals surface area (Å²) in [5.74, 6) is 1.39. The van der Waals surface area contributed by atoms with Gasteiger partial charge in [-0.05, 0) is 23.3 Å². The first-order chi connectivity index (χ1) is 11.9. The molecule has 2 aromatic heterocycles. The second kappa shape index (κ2) is 6.34. The van der Waals surface area contributed by atoms with Crippen molar-refractivity contribution >= 4 is 0 Å². The molecule has 4 rings (SSSR count). The minimum absolute atomic E-state index is 0.668. The Labute approximate surface area is 139 Å². The third-order valence-corrected chi connectivity index (χ3v) is 3.66. The maximum absolute atomic E-state index is 4.27. The van der Waals surface area contributed by atoms with Gasteiger partial charge in [-0.15, -0.1) is 0 Å². The first-order valence-electron chi connectivity index (χ1n) is 7.50. The Bertz CT molecular complexity index is 938. The van der Waals surface area contributed by atoms with Crippen molar-refractivity contribution in [3.8, 4) is 33.9 Å². The monoisotopic (exact) mass is 311 g/mol. The molecule has 0 aliphatic heterocycles. The number of benzene rings is 2. The van der Waals surface area contributed by atoms with Crippen LogP contribution in [0.1, 0.15) is 0 Å². The highest BCUT2D eigenvalue weighted by Gasteiger charge is 2.05. The Morgan fingerprint density at radius 1 is 0.500 bits per heavy atom. The van der Waals surface area contributed by atoms with E-state index >= 15 is 0 Å². The van der Waals surface area contributed by atoms with Gasteiger partial charge in [-0.1, -0.05) is 42.5 Å². The van der Waals surface area contributed by atoms with E-state index in [0.29, 0.717) is 5.82 Å². The SMILES string of the molecule is c1cnc(-c2ccc(-c3cccc(-c4ncncn4)c3)cc2)nc1. The van der Waals surface area contributed by atoms with Gasteiger partial charge in [-0.25, -0.2) is 24.9 Å². The Kier molecular flexibility index (Phi) is 3.73. The van der Waals surface area contributed by atoms with E-state index in [2.05, 4.69) is 49.2 Å². The zero-order valence-electron chi connectivity index (χ0n) is 12.7. The lowest BCUT2D eigenvalue weighted by atomic mass is 10.0.